The standard InChI is InChI=1S/C13H24N2O3/c1-4-18-13(17)10-5-7-15(8-6-10)12(16)11(14)9(2)3/h9-11H,4-8,14H2,1-3H3/t11-/m0/s1. The van der Waals surface area contributed by atoms with E-state index in [9.17, 15) is 9.59 Å². The van der Waals surface area contributed by atoms with Gasteiger partial charge in [0.05, 0.1) is 18.6 Å². The minimum atomic E-state index is -0.441. The van der Waals surface area contributed by atoms with Crippen LogP contribution in [0.15, 0.2) is 0 Å². The lowest BCUT2D eigenvalue weighted by molar-refractivity contribution is -0.151. The molecule has 0 aromatic carbocycles. The molecule has 1 saturated heterocycles. The van der Waals surface area contributed by atoms with Crippen LogP contribution >= 0.6 is 0 Å². The lowest BCUT2D eigenvalue weighted by Gasteiger charge is -2.33. The first kappa shape index (κ1) is 15.0. The molecule has 0 radical (unpaired) electrons. The Labute approximate surface area is 109 Å². The average Bonchev–Trinajstić information content (AvgIpc) is 2.37. The number of rotatable bonds is 4. The first-order valence-electron chi connectivity index (χ1n) is 6.68. The summed E-state index contributed by atoms with van der Waals surface area (Å²) in [4.78, 5) is 25.4. The molecule has 0 aromatic rings. The quantitative estimate of drug-likeness (QED) is 0.754. The van der Waals surface area contributed by atoms with Gasteiger partial charge in [0.2, 0.25) is 5.91 Å². The predicted octanol–water partition coefficient (Wildman–Crippen LogP) is 0.771. The summed E-state index contributed by atoms with van der Waals surface area (Å²) in [5.74, 6) is -0.0744. The molecular weight excluding hydrogens is 232 g/mol. The Morgan fingerprint density at radius 1 is 1.33 bits per heavy atom. The lowest BCUT2D eigenvalue weighted by atomic mass is 9.95. The van der Waals surface area contributed by atoms with Gasteiger partial charge in [0.25, 0.3) is 0 Å². The number of hydrogen-bond donors (Lipinski definition) is 1. The maximum atomic E-state index is 12.0. The van der Waals surface area contributed by atoms with Crippen molar-refractivity contribution < 1.29 is 14.3 Å². The summed E-state index contributed by atoms with van der Waals surface area (Å²) in [5.41, 5.74) is 5.85. The second-order valence-corrected chi connectivity index (χ2v) is 5.12. The Kier molecular flexibility index (Phi) is 5.59. The molecule has 18 heavy (non-hydrogen) atoms. The zero-order valence-electron chi connectivity index (χ0n) is 11.5. The first-order chi connectivity index (χ1) is 8.47. The van der Waals surface area contributed by atoms with Gasteiger partial charge in [-0.15, -0.1) is 0 Å². The number of ether oxygens (including phenoxy) is 1. The molecule has 0 unspecified atom stereocenters. The second-order valence-electron chi connectivity index (χ2n) is 5.12. The van der Waals surface area contributed by atoms with E-state index in [1.54, 1.807) is 11.8 Å². The lowest BCUT2D eigenvalue weighted by Crippen LogP contribution is -2.49. The summed E-state index contributed by atoms with van der Waals surface area (Å²) in [7, 11) is 0. The van der Waals surface area contributed by atoms with Crippen molar-refractivity contribution in [1.29, 1.82) is 0 Å². The van der Waals surface area contributed by atoms with E-state index in [4.69, 9.17) is 10.5 Å². The van der Waals surface area contributed by atoms with Crippen LogP contribution in [0, 0.1) is 11.8 Å². The molecule has 0 saturated carbocycles. The Balaban J connectivity index is 2.44. The Hall–Kier alpha value is -1.10. The fraction of sp³-hybridized carbons (Fsp3) is 0.846. The van der Waals surface area contributed by atoms with Crippen molar-refractivity contribution in [2.45, 2.75) is 39.7 Å². The monoisotopic (exact) mass is 256 g/mol. The number of esters is 1. The molecule has 1 heterocycles. The molecule has 2 N–H and O–H groups in total. The van der Waals surface area contributed by atoms with Crippen LogP contribution in [0.4, 0.5) is 0 Å². The molecule has 1 aliphatic heterocycles. The summed E-state index contributed by atoms with van der Waals surface area (Å²) < 4.78 is 5.00. The summed E-state index contributed by atoms with van der Waals surface area (Å²) in [6.07, 6.45) is 1.35. The van der Waals surface area contributed by atoms with Gasteiger partial charge in [-0.2, -0.15) is 0 Å². The highest BCUT2D eigenvalue weighted by atomic mass is 16.5. The number of likely N-dealkylation sites (tertiary alicyclic amines) is 1. The molecular formula is C13H24N2O3. The zero-order valence-corrected chi connectivity index (χ0v) is 11.5. The van der Waals surface area contributed by atoms with Gasteiger partial charge in [-0.1, -0.05) is 13.8 Å². The number of amides is 1. The Bertz CT molecular complexity index is 297. The summed E-state index contributed by atoms with van der Waals surface area (Å²) in [5, 5.41) is 0. The van der Waals surface area contributed by atoms with Crippen LogP contribution in [-0.2, 0) is 14.3 Å². The highest BCUT2D eigenvalue weighted by Gasteiger charge is 2.30. The molecule has 1 atom stereocenters. The molecule has 1 amide bonds. The topological polar surface area (TPSA) is 72.6 Å². The van der Waals surface area contributed by atoms with E-state index in [1.165, 1.54) is 0 Å². The zero-order chi connectivity index (χ0) is 13.7. The maximum absolute atomic E-state index is 12.0. The molecule has 0 aromatic heterocycles. The van der Waals surface area contributed by atoms with E-state index < -0.39 is 6.04 Å². The fourth-order valence-corrected chi connectivity index (χ4v) is 2.09. The van der Waals surface area contributed by atoms with Crippen LogP contribution in [0.5, 0.6) is 0 Å². The van der Waals surface area contributed by atoms with Gasteiger partial charge < -0.3 is 15.4 Å². The normalized spacial score (nSPS) is 18.8. The molecule has 104 valence electrons. The van der Waals surface area contributed by atoms with Crippen LogP contribution in [0.25, 0.3) is 0 Å². The molecule has 0 aliphatic carbocycles. The minimum absolute atomic E-state index is 0.00712. The SMILES string of the molecule is CCOC(=O)C1CCN(C(=O)[C@@H](N)C(C)C)CC1. The summed E-state index contributed by atoms with van der Waals surface area (Å²) >= 11 is 0. The van der Waals surface area contributed by atoms with E-state index in [-0.39, 0.29) is 23.7 Å². The molecule has 1 rings (SSSR count). The minimum Gasteiger partial charge on any atom is -0.466 e. The van der Waals surface area contributed by atoms with Gasteiger partial charge in [-0.25, -0.2) is 0 Å². The molecule has 5 nitrogen and oxygen atoms in total. The van der Waals surface area contributed by atoms with Crippen LogP contribution in [0.3, 0.4) is 0 Å². The fourth-order valence-electron chi connectivity index (χ4n) is 2.09. The van der Waals surface area contributed by atoms with Crippen LogP contribution in [-0.4, -0.2) is 42.5 Å². The number of carbonyl (C=O) groups excluding carboxylic acids is 2. The van der Waals surface area contributed by atoms with Gasteiger partial charge in [0.15, 0.2) is 0 Å². The third kappa shape index (κ3) is 3.70. The van der Waals surface area contributed by atoms with Crippen LogP contribution in [0.2, 0.25) is 0 Å². The number of carbonyl (C=O) groups is 2. The van der Waals surface area contributed by atoms with Gasteiger partial charge in [-0.05, 0) is 25.7 Å². The number of nitrogens with two attached hydrogens (primary N) is 1. The molecule has 0 spiro atoms. The highest BCUT2D eigenvalue weighted by Crippen LogP contribution is 2.19. The van der Waals surface area contributed by atoms with Crippen molar-refractivity contribution in [3.63, 3.8) is 0 Å². The van der Waals surface area contributed by atoms with Crippen molar-refractivity contribution in [3.8, 4) is 0 Å². The smallest absolute Gasteiger partial charge is 0.309 e. The molecule has 1 aliphatic rings. The second kappa shape index (κ2) is 6.73. The summed E-state index contributed by atoms with van der Waals surface area (Å²) in [6.45, 7) is 7.29. The van der Waals surface area contributed by atoms with Crippen LogP contribution in [0.1, 0.15) is 33.6 Å². The maximum Gasteiger partial charge on any atom is 0.309 e. The van der Waals surface area contributed by atoms with Crippen molar-refractivity contribution in [2.75, 3.05) is 19.7 Å². The van der Waals surface area contributed by atoms with E-state index in [1.807, 2.05) is 13.8 Å². The van der Waals surface area contributed by atoms with E-state index in [0.717, 1.165) is 0 Å². The van der Waals surface area contributed by atoms with Gasteiger partial charge in [-0.3, -0.25) is 9.59 Å². The van der Waals surface area contributed by atoms with Crippen molar-refractivity contribution >= 4 is 11.9 Å². The van der Waals surface area contributed by atoms with E-state index >= 15 is 0 Å². The van der Waals surface area contributed by atoms with Gasteiger partial charge in [0, 0.05) is 13.1 Å². The number of nitrogens with zero attached hydrogens (tertiary/aromatic N) is 1. The molecule has 0 bridgehead atoms. The van der Waals surface area contributed by atoms with Crippen LogP contribution < -0.4 is 5.73 Å². The molecule has 5 heteroatoms. The first-order valence-corrected chi connectivity index (χ1v) is 6.68. The Morgan fingerprint density at radius 2 is 1.89 bits per heavy atom. The highest BCUT2D eigenvalue weighted by molar-refractivity contribution is 5.82. The van der Waals surface area contributed by atoms with Gasteiger partial charge in [0.1, 0.15) is 0 Å². The Morgan fingerprint density at radius 3 is 2.33 bits per heavy atom. The van der Waals surface area contributed by atoms with Gasteiger partial charge >= 0.3 is 5.97 Å². The van der Waals surface area contributed by atoms with Crippen molar-refractivity contribution in [1.82, 2.24) is 4.90 Å². The van der Waals surface area contributed by atoms with Crippen molar-refractivity contribution in [2.24, 2.45) is 17.6 Å². The largest absolute Gasteiger partial charge is 0.466 e. The predicted molar refractivity (Wildman–Crippen MR) is 68.8 cm³/mol. The average molecular weight is 256 g/mol. The number of hydrogen-bond acceptors (Lipinski definition) is 4. The summed E-state index contributed by atoms with van der Waals surface area (Å²) in [6, 6.07) is -0.441. The molecule has 1 fully saturated rings. The van der Waals surface area contributed by atoms with Crippen molar-refractivity contribution in [3.05, 3.63) is 0 Å². The van der Waals surface area contributed by atoms with E-state index in [0.29, 0.717) is 32.5 Å². The number of piperidine rings is 1. The third-order valence-electron chi connectivity index (χ3n) is 3.43. The van der Waals surface area contributed by atoms with E-state index in [2.05, 4.69) is 0 Å². The third-order valence-corrected chi connectivity index (χ3v) is 3.43.